The maximum absolute atomic E-state index is 13.1. The van der Waals surface area contributed by atoms with E-state index in [9.17, 15) is 9.18 Å². The number of nitrogens with zero attached hydrogens (tertiary/aromatic N) is 2. The maximum atomic E-state index is 13.1. The first-order chi connectivity index (χ1) is 13.5. The maximum Gasteiger partial charge on any atom is 0.289 e. The summed E-state index contributed by atoms with van der Waals surface area (Å²) in [6.45, 7) is 4.74. The van der Waals surface area contributed by atoms with Crippen molar-refractivity contribution in [3.8, 4) is 11.3 Å². The quantitative estimate of drug-likeness (QED) is 0.622. The van der Waals surface area contributed by atoms with Crippen molar-refractivity contribution in [3.05, 3.63) is 76.8 Å². The van der Waals surface area contributed by atoms with Crippen LogP contribution < -0.4 is 4.90 Å². The number of furan rings is 1. The summed E-state index contributed by atoms with van der Waals surface area (Å²) in [7, 11) is 0. The molecule has 1 amide bonds. The minimum Gasteiger partial charge on any atom is -0.451 e. The number of rotatable bonds is 3. The second kappa shape index (κ2) is 7.68. The first kappa shape index (κ1) is 18.6. The fraction of sp³-hybridized carbons (Fsp3) is 0.227. The molecular weight excluding hydrogens is 379 g/mol. The van der Waals surface area contributed by atoms with Crippen molar-refractivity contribution in [2.75, 3.05) is 31.1 Å². The molecular formula is C22H20ClFN2O2. The van der Waals surface area contributed by atoms with Gasteiger partial charge in [0.1, 0.15) is 11.6 Å². The summed E-state index contributed by atoms with van der Waals surface area (Å²) in [5, 5.41) is 0.711. The zero-order valence-electron chi connectivity index (χ0n) is 15.5. The number of carbonyl (C=O) groups is 1. The van der Waals surface area contributed by atoms with Crippen molar-refractivity contribution in [2.45, 2.75) is 6.92 Å². The number of benzene rings is 2. The van der Waals surface area contributed by atoms with Crippen LogP contribution in [0.2, 0.25) is 5.02 Å². The van der Waals surface area contributed by atoms with Crippen LogP contribution in [-0.4, -0.2) is 37.0 Å². The van der Waals surface area contributed by atoms with E-state index < -0.39 is 0 Å². The van der Waals surface area contributed by atoms with Crippen molar-refractivity contribution in [3.63, 3.8) is 0 Å². The Balaban J connectivity index is 1.43. The van der Waals surface area contributed by atoms with Crippen molar-refractivity contribution < 1.29 is 13.6 Å². The molecule has 4 rings (SSSR count). The second-order valence-corrected chi connectivity index (χ2v) is 7.32. The normalized spacial score (nSPS) is 14.4. The van der Waals surface area contributed by atoms with E-state index in [-0.39, 0.29) is 11.7 Å². The lowest BCUT2D eigenvalue weighted by Crippen LogP contribution is -2.48. The summed E-state index contributed by atoms with van der Waals surface area (Å²) < 4.78 is 18.8. The van der Waals surface area contributed by atoms with Crippen LogP contribution in [0.15, 0.2) is 59.0 Å². The monoisotopic (exact) mass is 398 g/mol. The van der Waals surface area contributed by atoms with E-state index in [1.807, 2.05) is 18.2 Å². The Labute approximate surface area is 168 Å². The molecule has 1 aliphatic heterocycles. The molecule has 6 heteroatoms. The summed E-state index contributed by atoms with van der Waals surface area (Å²) >= 11 is 6.13. The zero-order chi connectivity index (χ0) is 19.7. The molecule has 144 valence electrons. The highest BCUT2D eigenvalue weighted by molar-refractivity contribution is 6.30. The van der Waals surface area contributed by atoms with Gasteiger partial charge in [-0.15, -0.1) is 0 Å². The van der Waals surface area contributed by atoms with Crippen LogP contribution in [0.3, 0.4) is 0 Å². The van der Waals surface area contributed by atoms with Gasteiger partial charge in [-0.3, -0.25) is 4.79 Å². The Hall–Kier alpha value is -2.79. The fourth-order valence-corrected chi connectivity index (χ4v) is 3.62. The lowest BCUT2D eigenvalue weighted by Gasteiger charge is -2.36. The van der Waals surface area contributed by atoms with Crippen LogP contribution in [-0.2, 0) is 0 Å². The Morgan fingerprint density at radius 2 is 1.71 bits per heavy atom. The summed E-state index contributed by atoms with van der Waals surface area (Å²) in [6.07, 6.45) is 0. The molecule has 1 aromatic heterocycles. The van der Waals surface area contributed by atoms with Gasteiger partial charge in [-0.05, 0) is 61.0 Å². The Kier molecular flexibility index (Phi) is 5.09. The number of hydrogen-bond acceptors (Lipinski definition) is 3. The number of halogens is 2. The predicted molar refractivity (Wildman–Crippen MR) is 108 cm³/mol. The molecule has 1 fully saturated rings. The molecule has 28 heavy (non-hydrogen) atoms. The lowest BCUT2D eigenvalue weighted by molar-refractivity contribution is 0.0715. The lowest BCUT2D eigenvalue weighted by atomic mass is 10.1. The van der Waals surface area contributed by atoms with E-state index in [1.54, 1.807) is 29.2 Å². The third-order valence-electron chi connectivity index (χ3n) is 5.02. The highest BCUT2D eigenvalue weighted by atomic mass is 35.5. The van der Waals surface area contributed by atoms with E-state index in [0.717, 1.165) is 24.3 Å². The molecule has 0 spiro atoms. The number of carbonyl (C=O) groups excluding carboxylic acids is 1. The van der Waals surface area contributed by atoms with Gasteiger partial charge in [0.15, 0.2) is 5.76 Å². The summed E-state index contributed by atoms with van der Waals surface area (Å²) in [5.41, 5.74) is 3.01. The van der Waals surface area contributed by atoms with Crippen LogP contribution in [0.5, 0.6) is 0 Å². The molecule has 0 unspecified atom stereocenters. The number of aryl methyl sites for hydroxylation is 1. The Morgan fingerprint density at radius 1 is 1.00 bits per heavy atom. The van der Waals surface area contributed by atoms with E-state index >= 15 is 0 Å². The van der Waals surface area contributed by atoms with Crippen molar-refractivity contribution in [1.29, 1.82) is 0 Å². The third kappa shape index (κ3) is 3.76. The molecule has 1 saturated heterocycles. The molecule has 4 nitrogen and oxygen atoms in total. The highest BCUT2D eigenvalue weighted by Gasteiger charge is 2.25. The van der Waals surface area contributed by atoms with Gasteiger partial charge >= 0.3 is 0 Å². The molecule has 0 radical (unpaired) electrons. The Morgan fingerprint density at radius 3 is 2.43 bits per heavy atom. The smallest absolute Gasteiger partial charge is 0.289 e. The van der Waals surface area contributed by atoms with Crippen LogP contribution in [0.1, 0.15) is 16.1 Å². The van der Waals surface area contributed by atoms with Gasteiger partial charge in [-0.1, -0.05) is 17.7 Å². The number of amides is 1. The predicted octanol–water partition coefficient (Wildman–Crippen LogP) is 5.01. The molecule has 0 atom stereocenters. The molecule has 0 saturated carbocycles. The Bertz CT molecular complexity index is 992. The van der Waals surface area contributed by atoms with Crippen molar-refractivity contribution in [1.82, 2.24) is 4.90 Å². The highest BCUT2D eigenvalue weighted by Crippen LogP contribution is 2.27. The van der Waals surface area contributed by atoms with Crippen LogP contribution in [0, 0.1) is 12.7 Å². The van der Waals surface area contributed by atoms with E-state index in [2.05, 4.69) is 11.8 Å². The molecule has 0 bridgehead atoms. The molecule has 2 heterocycles. The van der Waals surface area contributed by atoms with Gasteiger partial charge in [0.2, 0.25) is 0 Å². The molecule has 0 N–H and O–H groups in total. The standard InChI is InChI=1S/C22H20ClFN2O2/c1-15-2-5-17(23)14-19(15)25-10-12-26(13-11-25)22(27)21-9-8-20(28-21)16-3-6-18(24)7-4-16/h2-9,14H,10-13H2,1H3. The van der Waals surface area contributed by atoms with Crippen LogP contribution >= 0.6 is 11.6 Å². The van der Waals surface area contributed by atoms with E-state index in [4.69, 9.17) is 16.0 Å². The number of anilines is 1. The van der Waals surface area contributed by atoms with Gasteiger partial charge in [0.05, 0.1) is 0 Å². The minimum atomic E-state index is -0.306. The van der Waals surface area contributed by atoms with Gasteiger partial charge in [-0.25, -0.2) is 4.39 Å². The fourth-order valence-electron chi connectivity index (χ4n) is 3.45. The van der Waals surface area contributed by atoms with Gasteiger partial charge in [0, 0.05) is 42.5 Å². The zero-order valence-corrected chi connectivity index (χ0v) is 16.2. The first-order valence-electron chi connectivity index (χ1n) is 9.17. The average Bonchev–Trinajstić information content (AvgIpc) is 3.20. The van der Waals surface area contributed by atoms with Crippen molar-refractivity contribution in [2.24, 2.45) is 0 Å². The average molecular weight is 399 g/mol. The minimum absolute atomic E-state index is 0.129. The van der Waals surface area contributed by atoms with Crippen LogP contribution in [0.25, 0.3) is 11.3 Å². The molecule has 0 aliphatic carbocycles. The topological polar surface area (TPSA) is 36.7 Å². The first-order valence-corrected chi connectivity index (χ1v) is 9.55. The van der Waals surface area contributed by atoms with Crippen molar-refractivity contribution >= 4 is 23.2 Å². The van der Waals surface area contributed by atoms with E-state index in [0.29, 0.717) is 29.6 Å². The molecule has 1 aliphatic rings. The summed E-state index contributed by atoms with van der Waals surface area (Å²) in [5.74, 6) is 0.415. The summed E-state index contributed by atoms with van der Waals surface area (Å²) in [4.78, 5) is 16.8. The number of hydrogen-bond donors (Lipinski definition) is 0. The van der Waals surface area contributed by atoms with Gasteiger partial charge in [0.25, 0.3) is 5.91 Å². The van der Waals surface area contributed by atoms with Gasteiger partial charge in [-0.2, -0.15) is 0 Å². The third-order valence-corrected chi connectivity index (χ3v) is 5.26. The van der Waals surface area contributed by atoms with Gasteiger partial charge < -0.3 is 14.2 Å². The second-order valence-electron chi connectivity index (χ2n) is 6.88. The SMILES string of the molecule is Cc1ccc(Cl)cc1N1CCN(C(=O)c2ccc(-c3ccc(F)cc3)o2)CC1. The van der Waals surface area contributed by atoms with E-state index in [1.165, 1.54) is 17.7 Å². The largest absolute Gasteiger partial charge is 0.451 e. The molecule has 2 aromatic carbocycles. The number of piperazine rings is 1. The molecule has 3 aromatic rings. The van der Waals surface area contributed by atoms with Crippen LogP contribution in [0.4, 0.5) is 10.1 Å². The summed E-state index contributed by atoms with van der Waals surface area (Å²) in [6, 6.07) is 15.3.